The fraction of sp³-hybridized carbons (Fsp3) is 0.0526. The molecule has 0 spiro atoms. The molecule has 0 fully saturated rings. The molecule has 1 aliphatic carbocycles. The van der Waals surface area contributed by atoms with Gasteiger partial charge in [0.25, 0.3) is 0 Å². The van der Waals surface area contributed by atoms with Crippen molar-refractivity contribution in [3.8, 4) is 11.5 Å². The van der Waals surface area contributed by atoms with Gasteiger partial charge in [0.1, 0.15) is 0 Å². The van der Waals surface area contributed by atoms with E-state index >= 15 is 0 Å². The number of hydrogen-bond donors (Lipinski definition) is 1. The highest BCUT2D eigenvalue weighted by atomic mass is 16.5. The molecule has 112 valence electrons. The van der Waals surface area contributed by atoms with Crippen LogP contribution in [0.4, 0.5) is 0 Å². The highest BCUT2D eigenvalue weighted by Gasteiger charge is 2.33. The van der Waals surface area contributed by atoms with Gasteiger partial charge in [-0.1, -0.05) is 24.3 Å². The average molecular weight is 304 g/mol. The summed E-state index contributed by atoms with van der Waals surface area (Å²) in [7, 11) is 1.36. The third-order valence-electron chi connectivity index (χ3n) is 4.19. The van der Waals surface area contributed by atoms with E-state index in [1.54, 1.807) is 12.1 Å². The van der Waals surface area contributed by atoms with Gasteiger partial charge in [-0.25, -0.2) is 0 Å². The second-order valence-corrected chi connectivity index (χ2v) is 5.44. The molecular formula is C19H12O4. The first-order chi connectivity index (χ1) is 11.1. The van der Waals surface area contributed by atoms with Gasteiger partial charge in [-0.3, -0.25) is 9.59 Å². The van der Waals surface area contributed by atoms with Crippen LogP contribution in [0.1, 0.15) is 31.8 Å². The Morgan fingerprint density at radius 2 is 1.43 bits per heavy atom. The Bertz CT molecular complexity index is 1000. The Labute approximate surface area is 131 Å². The Balaban J connectivity index is 2.06. The molecule has 0 bridgehead atoms. The summed E-state index contributed by atoms with van der Waals surface area (Å²) in [5, 5.41) is 11.7. The van der Waals surface area contributed by atoms with Gasteiger partial charge in [-0.15, -0.1) is 0 Å². The first-order valence-corrected chi connectivity index (χ1v) is 7.14. The van der Waals surface area contributed by atoms with Crippen LogP contribution in [0.2, 0.25) is 0 Å². The number of benzene rings is 3. The van der Waals surface area contributed by atoms with Crippen molar-refractivity contribution in [1.82, 2.24) is 0 Å². The van der Waals surface area contributed by atoms with Gasteiger partial charge in [0.05, 0.1) is 12.7 Å². The topological polar surface area (TPSA) is 63.6 Å². The average Bonchev–Trinajstić information content (AvgIpc) is 2.58. The van der Waals surface area contributed by atoms with Gasteiger partial charge < -0.3 is 9.84 Å². The zero-order chi connectivity index (χ0) is 16.1. The maximum atomic E-state index is 12.9. The molecule has 4 nitrogen and oxygen atoms in total. The molecule has 0 aromatic heterocycles. The van der Waals surface area contributed by atoms with Crippen molar-refractivity contribution < 1.29 is 19.4 Å². The Kier molecular flexibility index (Phi) is 2.75. The predicted molar refractivity (Wildman–Crippen MR) is 85.5 cm³/mol. The third-order valence-corrected chi connectivity index (χ3v) is 4.19. The summed E-state index contributed by atoms with van der Waals surface area (Å²) in [6.07, 6.45) is 0. The summed E-state index contributed by atoms with van der Waals surface area (Å²) >= 11 is 0. The Morgan fingerprint density at radius 3 is 2.04 bits per heavy atom. The molecule has 3 aromatic carbocycles. The second kappa shape index (κ2) is 4.68. The monoisotopic (exact) mass is 304 g/mol. The van der Waals surface area contributed by atoms with Crippen LogP contribution in [-0.2, 0) is 0 Å². The standard InChI is InChI=1S/C19H12O4/c1-23-19-15(20)7-6-12-16(19)18(22)14-9-11-5-3-2-4-10(11)8-13(14)17(12)21/h2-9,20H,1H3. The van der Waals surface area contributed by atoms with E-state index in [0.29, 0.717) is 11.1 Å². The zero-order valence-electron chi connectivity index (χ0n) is 12.3. The smallest absolute Gasteiger partial charge is 0.198 e. The van der Waals surface area contributed by atoms with E-state index in [4.69, 9.17) is 4.74 Å². The number of carbonyl (C=O) groups excluding carboxylic acids is 2. The summed E-state index contributed by atoms with van der Waals surface area (Å²) in [5.74, 6) is -0.664. The van der Waals surface area contributed by atoms with Crippen molar-refractivity contribution in [1.29, 1.82) is 0 Å². The highest BCUT2D eigenvalue weighted by molar-refractivity contribution is 6.30. The number of fused-ring (bicyclic) bond motifs is 3. The minimum atomic E-state index is -0.312. The minimum Gasteiger partial charge on any atom is -0.504 e. The van der Waals surface area contributed by atoms with Crippen LogP contribution >= 0.6 is 0 Å². The molecule has 4 heteroatoms. The van der Waals surface area contributed by atoms with Gasteiger partial charge >= 0.3 is 0 Å². The van der Waals surface area contributed by atoms with Crippen molar-refractivity contribution in [2.45, 2.75) is 0 Å². The molecule has 0 amide bonds. The molecule has 3 aromatic rings. The number of ketones is 2. The van der Waals surface area contributed by atoms with Gasteiger partial charge in [0.2, 0.25) is 0 Å². The van der Waals surface area contributed by atoms with Crippen LogP contribution in [0, 0.1) is 0 Å². The van der Waals surface area contributed by atoms with Crippen molar-refractivity contribution in [2.75, 3.05) is 7.11 Å². The van der Waals surface area contributed by atoms with Crippen LogP contribution in [0.5, 0.6) is 11.5 Å². The minimum absolute atomic E-state index is 0.0414. The maximum Gasteiger partial charge on any atom is 0.198 e. The SMILES string of the molecule is COc1c(O)ccc2c1C(=O)c1cc3ccccc3cc1C2=O. The Morgan fingerprint density at radius 1 is 0.826 bits per heavy atom. The lowest BCUT2D eigenvalue weighted by Crippen LogP contribution is -2.21. The van der Waals surface area contributed by atoms with E-state index in [0.717, 1.165) is 10.8 Å². The summed E-state index contributed by atoms with van der Waals surface area (Å²) in [4.78, 5) is 25.7. The van der Waals surface area contributed by atoms with Crippen LogP contribution in [0.3, 0.4) is 0 Å². The number of phenols is 1. The maximum absolute atomic E-state index is 12.9. The fourth-order valence-corrected chi connectivity index (χ4v) is 3.09. The van der Waals surface area contributed by atoms with Gasteiger partial charge in [0, 0.05) is 16.7 Å². The van der Waals surface area contributed by atoms with Crippen LogP contribution in [-0.4, -0.2) is 23.8 Å². The van der Waals surface area contributed by atoms with Gasteiger partial charge in [0.15, 0.2) is 23.1 Å². The molecule has 0 heterocycles. The molecule has 1 N–H and O–H groups in total. The second-order valence-electron chi connectivity index (χ2n) is 5.44. The van der Waals surface area contributed by atoms with E-state index in [2.05, 4.69) is 0 Å². The summed E-state index contributed by atoms with van der Waals surface area (Å²) in [5.41, 5.74) is 1.10. The lowest BCUT2D eigenvalue weighted by Gasteiger charge is -2.20. The fourth-order valence-electron chi connectivity index (χ4n) is 3.09. The first-order valence-electron chi connectivity index (χ1n) is 7.14. The molecule has 0 radical (unpaired) electrons. The number of aromatic hydroxyl groups is 1. The molecule has 1 aliphatic rings. The van der Waals surface area contributed by atoms with Crippen molar-refractivity contribution in [3.63, 3.8) is 0 Å². The quantitative estimate of drug-likeness (QED) is 0.586. The van der Waals surface area contributed by atoms with Crippen molar-refractivity contribution in [2.24, 2.45) is 0 Å². The molecule has 0 saturated heterocycles. The lowest BCUT2D eigenvalue weighted by molar-refractivity contribution is 0.0976. The summed E-state index contributed by atoms with van der Waals surface area (Å²) in [6, 6.07) is 13.9. The molecule has 23 heavy (non-hydrogen) atoms. The van der Waals surface area contributed by atoms with E-state index in [-0.39, 0.29) is 34.2 Å². The van der Waals surface area contributed by atoms with E-state index in [9.17, 15) is 14.7 Å². The first kappa shape index (κ1) is 13.5. The summed E-state index contributed by atoms with van der Waals surface area (Å²) < 4.78 is 5.14. The number of ether oxygens (including phenoxy) is 1. The highest BCUT2D eigenvalue weighted by Crippen LogP contribution is 2.39. The van der Waals surface area contributed by atoms with Crippen molar-refractivity contribution in [3.05, 3.63) is 70.8 Å². The predicted octanol–water partition coefficient (Wildman–Crippen LogP) is 3.33. The largest absolute Gasteiger partial charge is 0.504 e. The van der Waals surface area contributed by atoms with E-state index in [1.165, 1.54) is 19.2 Å². The molecule has 0 unspecified atom stereocenters. The van der Waals surface area contributed by atoms with Crippen LogP contribution < -0.4 is 4.74 Å². The lowest BCUT2D eigenvalue weighted by atomic mass is 9.82. The molecule has 0 atom stereocenters. The number of carbonyl (C=O) groups is 2. The van der Waals surface area contributed by atoms with Crippen LogP contribution in [0.25, 0.3) is 10.8 Å². The zero-order valence-corrected chi connectivity index (χ0v) is 12.3. The number of rotatable bonds is 1. The number of hydrogen-bond acceptors (Lipinski definition) is 4. The number of methoxy groups -OCH3 is 1. The van der Waals surface area contributed by atoms with E-state index < -0.39 is 0 Å². The van der Waals surface area contributed by atoms with Crippen molar-refractivity contribution >= 4 is 22.3 Å². The molecule has 0 aliphatic heterocycles. The Hall–Kier alpha value is -3.14. The third kappa shape index (κ3) is 1.78. The normalized spacial score (nSPS) is 12.9. The van der Waals surface area contributed by atoms with Gasteiger partial charge in [-0.05, 0) is 35.0 Å². The number of phenolic OH excluding ortho intramolecular Hbond substituents is 1. The molecule has 4 rings (SSSR count). The van der Waals surface area contributed by atoms with Gasteiger partial charge in [-0.2, -0.15) is 0 Å². The van der Waals surface area contributed by atoms with E-state index in [1.807, 2.05) is 24.3 Å². The van der Waals surface area contributed by atoms with Crippen LogP contribution in [0.15, 0.2) is 48.5 Å². The molecule has 0 saturated carbocycles. The molecular weight excluding hydrogens is 292 g/mol. The summed E-state index contributed by atoms with van der Waals surface area (Å²) in [6.45, 7) is 0.